The fourth-order valence-corrected chi connectivity index (χ4v) is 2.08. The van der Waals surface area contributed by atoms with Crippen LogP contribution in [0.1, 0.15) is 36.8 Å². The molecule has 1 aromatic carbocycles. The van der Waals surface area contributed by atoms with Crippen molar-refractivity contribution in [2.24, 2.45) is 10.6 Å². The molecule has 0 saturated heterocycles. The maximum atomic E-state index is 12.2. The molecule has 0 spiro atoms. The highest BCUT2D eigenvalue weighted by Crippen LogP contribution is 2.15. The van der Waals surface area contributed by atoms with Gasteiger partial charge in [-0.25, -0.2) is 9.97 Å². The van der Waals surface area contributed by atoms with Gasteiger partial charge in [0.15, 0.2) is 11.5 Å². The Morgan fingerprint density at radius 3 is 2.52 bits per heavy atom. The number of nitrogens with two attached hydrogens (primary N) is 1. The summed E-state index contributed by atoms with van der Waals surface area (Å²) in [7, 11) is 0. The van der Waals surface area contributed by atoms with E-state index in [-0.39, 0.29) is 16.9 Å². The summed E-state index contributed by atoms with van der Waals surface area (Å²) in [5, 5.41) is 6.89. The van der Waals surface area contributed by atoms with Crippen molar-refractivity contribution in [2.75, 3.05) is 17.7 Å². The monoisotopic (exact) mass is 367 g/mol. The molecule has 0 atom stereocenters. The van der Waals surface area contributed by atoms with Crippen LogP contribution in [0.15, 0.2) is 54.5 Å². The molecule has 142 valence electrons. The molecule has 0 aliphatic carbocycles. The quantitative estimate of drug-likeness (QED) is 0.576. The number of amides is 1. The molecule has 0 saturated carbocycles. The zero-order chi connectivity index (χ0) is 19.9. The first-order valence-corrected chi connectivity index (χ1v) is 8.56. The number of carbonyl (C=O) groups is 1. The van der Waals surface area contributed by atoms with Gasteiger partial charge in [0.25, 0.3) is 5.91 Å². The molecule has 0 radical (unpaired) electrons. The minimum atomic E-state index is -0.405. The van der Waals surface area contributed by atoms with Crippen LogP contribution in [-0.4, -0.2) is 28.2 Å². The highest BCUT2D eigenvalue weighted by atomic mass is 16.6. The van der Waals surface area contributed by atoms with E-state index < -0.39 is 5.91 Å². The molecule has 7 nitrogen and oxygen atoms in total. The number of hydrogen-bond acceptors (Lipinski definition) is 6. The predicted octanol–water partition coefficient (Wildman–Crippen LogP) is 3.46. The van der Waals surface area contributed by atoms with Crippen molar-refractivity contribution in [3.63, 3.8) is 0 Å². The van der Waals surface area contributed by atoms with Crippen molar-refractivity contribution in [3.05, 3.63) is 60.6 Å². The number of benzene rings is 1. The van der Waals surface area contributed by atoms with Gasteiger partial charge in [-0.05, 0) is 29.2 Å². The molecule has 7 heteroatoms. The molecule has 2 rings (SSSR count). The number of nitrogens with zero attached hydrogens (tertiary/aromatic N) is 3. The van der Waals surface area contributed by atoms with Crippen LogP contribution < -0.4 is 11.1 Å². The molecule has 0 fully saturated rings. The number of nitrogen functional groups attached to an aromatic ring is 1. The zero-order valence-corrected chi connectivity index (χ0v) is 15.9. The minimum Gasteiger partial charge on any atom is -0.395 e. The van der Waals surface area contributed by atoms with Crippen molar-refractivity contribution in [1.29, 1.82) is 0 Å². The van der Waals surface area contributed by atoms with Crippen LogP contribution in [-0.2, 0) is 11.3 Å². The van der Waals surface area contributed by atoms with Crippen LogP contribution in [0.2, 0.25) is 0 Å². The van der Waals surface area contributed by atoms with E-state index in [0.717, 1.165) is 11.3 Å². The maximum absolute atomic E-state index is 12.2. The Kier molecular flexibility index (Phi) is 6.65. The molecule has 0 aliphatic heterocycles. The Morgan fingerprint density at radius 2 is 1.93 bits per heavy atom. The van der Waals surface area contributed by atoms with E-state index in [9.17, 15) is 4.79 Å². The lowest BCUT2D eigenvalue weighted by molar-refractivity contribution is 0.0770. The standard InChI is InChI=1S/C20H25N5O2/c1-5-15(25-27-13-20(2,3)4)12-14-6-8-16(9-7-14)24-19(26)17-18(21)23-11-10-22-17/h5-11H,1,12-13H2,2-4H3,(H2,21,23)(H,24,26)/b25-15+. The molecule has 1 amide bonds. The fourth-order valence-electron chi connectivity index (χ4n) is 2.08. The van der Waals surface area contributed by atoms with Crippen LogP contribution in [0.5, 0.6) is 0 Å². The second kappa shape index (κ2) is 8.93. The Bertz CT molecular complexity index is 823. The van der Waals surface area contributed by atoms with E-state index >= 15 is 0 Å². The minimum absolute atomic E-state index is 0.0438. The van der Waals surface area contributed by atoms with Gasteiger partial charge in [0, 0.05) is 24.5 Å². The van der Waals surface area contributed by atoms with E-state index in [1.807, 2.05) is 12.1 Å². The first-order valence-electron chi connectivity index (χ1n) is 8.56. The molecule has 0 aliphatic rings. The predicted molar refractivity (Wildman–Crippen MR) is 108 cm³/mol. The van der Waals surface area contributed by atoms with Crippen molar-refractivity contribution < 1.29 is 9.63 Å². The number of hydrogen-bond donors (Lipinski definition) is 2. The van der Waals surface area contributed by atoms with Gasteiger partial charge < -0.3 is 15.9 Å². The van der Waals surface area contributed by atoms with Crippen molar-refractivity contribution in [2.45, 2.75) is 27.2 Å². The average Bonchev–Trinajstić information content (AvgIpc) is 2.61. The summed E-state index contributed by atoms with van der Waals surface area (Å²) >= 11 is 0. The van der Waals surface area contributed by atoms with Crippen molar-refractivity contribution in [1.82, 2.24) is 9.97 Å². The van der Waals surface area contributed by atoms with Crippen LogP contribution >= 0.6 is 0 Å². The molecule has 3 N–H and O–H groups in total. The van der Waals surface area contributed by atoms with E-state index in [4.69, 9.17) is 10.6 Å². The van der Waals surface area contributed by atoms with Gasteiger partial charge in [-0.1, -0.05) is 44.6 Å². The molecule has 27 heavy (non-hydrogen) atoms. The number of nitrogens with one attached hydrogen (secondary N) is 1. The lowest BCUT2D eigenvalue weighted by atomic mass is 9.99. The van der Waals surface area contributed by atoms with E-state index in [0.29, 0.717) is 18.7 Å². The maximum Gasteiger partial charge on any atom is 0.278 e. The van der Waals surface area contributed by atoms with Crippen LogP contribution in [0.25, 0.3) is 0 Å². The molecule has 1 aromatic heterocycles. The second-order valence-corrected chi connectivity index (χ2v) is 7.24. The van der Waals surface area contributed by atoms with E-state index in [2.05, 4.69) is 47.8 Å². The fraction of sp³-hybridized carbons (Fsp3) is 0.300. The summed E-state index contributed by atoms with van der Waals surface area (Å²) in [6, 6.07) is 7.41. The van der Waals surface area contributed by atoms with Gasteiger partial charge >= 0.3 is 0 Å². The summed E-state index contributed by atoms with van der Waals surface area (Å²) in [5.74, 6) is -0.314. The third kappa shape index (κ3) is 6.54. The van der Waals surface area contributed by atoms with Gasteiger partial charge in [0.2, 0.25) is 0 Å². The Morgan fingerprint density at radius 1 is 1.26 bits per heavy atom. The van der Waals surface area contributed by atoms with Crippen LogP contribution in [0.4, 0.5) is 11.5 Å². The summed E-state index contributed by atoms with van der Waals surface area (Å²) in [6.07, 6.45) is 5.12. The summed E-state index contributed by atoms with van der Waals surface area (Å²) in [6.45, 7) is 10.6. The topological polar surface area (TPSA) is 102 Å². The van der Waals surface area contributed by atoms with Gasteiger partial charge in [-0.2, -0.15) is 0 Å². The molecular formula is C20H25N5O2. The first-order chi connectivity index (χ1) is 12.8. The lowest BCUT2D eigenvalue weighted by Crippen LogP contribution is -2.16. The molecule has 0 unspecified atom stereocenters. The number of anilines is 2. The average molecular weight is 367 g/mol. The number of oxime groups is 1. The third-order valence-corrected chi connectivity index (χ3v) is 3.45. The Hall–Kier alpha value is -3.22. The summed E-state index contributed by atoms with van der Waals surface area (Å²) in [5.41, 5.74) is 8.20. The second-order valence-electron chi connectivity index (χ2n) is 7.24. The summed E-state index contributed by atoms with van der Waals surface area (Å²) < 4.78 is 0. The van der Waals surface area contributed by atoms with Gasteiger partial charge in [0.05, 0.1) is 5.71 Å². The smallest absolute Gasteiger partial charge is 0.278 e. The normalized spacial score (nSPS) is 11.7. The molecule has 2 aromatic rings. The largest absolute Gasteiger partial charge is 0.395 e. The number of rotatable bonds is 7. The third-order valence-electron chi connectivity index (χ3n) is 3.45. The lowest BCUT2D eigenvalue weighted by Gasteiger charge is -2.15. The Balaban J connectivity index is 1.98. The van der Waals surface area contributed by atoms with E-state index in [1.165, 1.54) is 12.4 Å². The Labute approximate surface area is 159 Å². The SMILES string of the molecule is C=C/C(Cc1ccc(NC(=O)c2nccnc2N)cc1)=N\OCC(C)(C)C. The highest BCUT2D eigenvalue weighted by molar-refractivity contribution is 6.05. The van der Waals surface area contributed by atoms with E-state index in [1.54, 1.807) is 18.2 Å². The summed E-state index contributed by atoms with van der Waals surface area (Å²) in [4.78, 5) is 25.4. The van der Waals surface area contributed by atoms with Crippen molar-refractivity contribution in [3.8, 4) is 0 Å². The molecule has 0 bridgehead atoms. The number of allylic oxidation sites excluding steroid dienone is 1. The van der Waals surface area contributed by atoms with Gasteiger partial charge in [0.1, 0.15) is 6.61 Å². The van der Waals surface area contributed by atoms with Gasteiger partial charge in [-0.3, -0.25) is 4.79 Å². The van der Waals surface area contributed by atoms with Crippen LogP contribution in [0, 0.1) is 5.41 Å². The number of aromatic nitrogens is 2. The van der Waals surface area contributed by atoms with Crippen LogP contribution in [0.3, 0.4) is 0 Å². The molecular weight excluding hydrogens is 342 g/mol. The molecule has 1 heterocycles. The number of carbonyl (C=O) groups excluding carboxylic acids is 1. The van der Waals surface area contributed by atoms with Crippen molar-refractivity contribution >= 4 is 23.1 Å². The first kappa shape index (κ1) is 20.1. The zero-order valence-electron chi connectivity index (χ0n) is 15.9. The highest BCUT2D eigenvalue weighted by Gasteiger charge is 2.12. The van der Waals surface area contributed by atoms with Gasteiger partial charge in [-0.15, -0.1) is 0 Å².